The van der Waals surface area contributed by atoms with Crippen LogP contribution in [0.2, 0.25) is 0 Å². The fourth-order valence-corrected chi connectivity index (χ4v) is 1.93. The van der Waals surface area contributed by atoms with Gasteiger partial charge in [0.2, 0.25) is 5.88 Å². The van der Waals surface area contributed by atoms with Gasteiger partial charge in [0.1, 0.15) is 17.9 Å². The number of furan rings is 1. The Labute approximate surface area is 107 Å². The second-order valence-corrected chi connectivity index (χ2v) is 4.43. The molecule has 0 spiro atoms. The van der Waals surface area contributed by atoms with Crippen LogP contribution in [0.4, 0.5) is 5.88 Å². The highest BCUT2D eigenvalue weighted by Gasteiger charge is 2.12. The van der Waals surface area contributed by atoms with Gasteiger partial charge >= 0.3 is 0 Å². The van der Waals surface area contributed by atoms with Crippen LogP contribution in [0.1, 0.15) is 37.3 Å². The van der Waals surface area contributed by atoms with Crippen molar-refractivity contribution in [2.45, 2.75) is 26.2 Å². The lowest BCUT2D eigenvalue weighted by Crippen LogP contribution is -1.91. The minimum absolute atomic E-state index is 0.179. The Morgan fingerprint density at radius 3 is 2.56 bits per heavy atom. The number of hydrogen-bond acceptors (Lipinski definition) is 3. The molecule has 92 valence electrons. The summed E-state index contributed by atoms with van der Waals surface area (Å²) in [4.78, 5) is 0. The van der Waals surface area contributed by atoms with Gasteiger partial charge in [0.25, 0.3) is 0 Å². The third kappa shape index (κ3) is 2.10. The van der Waals surface area contributed by atoms with Gasteiger partial charge < -0.3 is 10.2 Å². The lowest BCUT2D eigenvalue weighted by atomic mass is 9.96. The summed E-state index contributed by atoms with van der Waals surface area (Å²) < 4.78 is 5.10. The standard InChI is InChI=1S/C15H16N2O/c1-3-10(2)11-4-6-12(7-5-11)14-9-18-15(17)13(14)8-16/h4-7,9-10H,3,17H2,1-2H3. The van der Waals surface area contributed by atoms with E-state index in [0.717, 1.165) is 17.5 Å². The molecule has 3 nitrogen and oxygen atoms in total. The Kier molecular flexibility index (Phi) is 3.38. The van der Waals surface area contributed by atoms with Crippen LogP contribution in [0.5, 0.6) is 0 Å². The predicted molar refractivity (Wildman–Crippen MR) is 72.0 cm³/mol. The Morgan fingerprint density at radius 1 is 1.33 bits per heavy atom. The summed E-state index contributed by atoms with van der Waals surface area (Å²) in [5.41, 5.74) is 9.02. The van der Waals surface area contributed by atoms with E-state index in [1.165, 1.54) is 11.8 Å². The van der Waals surface area contributed by atoms with Gasteiger partial charge in [0.15, 0.2) is 0 Å². The average Bonchev–Trinajstić information content (AvgIpc) is 2.79. The summed E-state index contributed by atoms with van der Waals surface area (Å²) in [6.45, 7) is 4.37. The molecule has 1 heterocycles. The number of nitrogens with two attached hydrogens (primary N) is 1. The van der Waals surface area contributed by atoms with Crippen molar-refractivity contribution in [3.8, 4) is 17.2 Å². The highest BCUT2D eigenvalue weighted by Crippen LogP contribution is 2.30. The molecule has 1 aromatic heterocycles. The fraction of sp³-hybridized carbons (Fsp3) is 0.267. The third-order valence-corrected chi connectivity index (χ3v) is 3.33. The Balaban J connectivity index is 2.38. The number of nitriles is 1. The van der Waals surface area contributed by atoms with E-state index >= 15 is 0 Å². The average molecular weight is 240 g/mol. The molecule has 0 bridgehead atoms. The van der Waals surface area contributed by atoms with Crippen molar-refractivity contribution < 1.29 is 4.42 Å². The lowest BCUT2D eigenvalue weighted by molar-refractivity contribution is 0.588. The van der Waals surface area contributed by atoms with Crippen molar-refractivity contribution >= 4 is 5.88 Å². The minimum Gasteiger partial charge on any atom is -0.447 e. The van der Waals surface area contributed by atoms with Crippen LogP contribution in [0, 0.1) is 11.3 Å². The van der Waals surface area contributed by atoms with E-state index in [-0.39, 0.29) is 5.88 Å². The van der Waals surface area contributed by atoms with E-state index < -0.39 is 0 Å². The highest BCUT2D eigenvalue weighted by atomic mass is 16.3. The predicted octanol–water partition coefficient (Wildman–Crippen LogP) is 3.91. The zero-order valence-corrected chi connectivity index (χ0v) is 10.6. The molecule has 0 fully saturated rings. The topological polar surface area (TPSA) is 62.9 Å². The summed E-state index contributed by atoms with van der Waals surface area (Å²) >= 11 is 0. The smallest absolute Gasteiger partial charge is 0.208 e. The van der Waals surface area contributed by atoms with Crippen molar-refractivity contribution in [3.05, 3.63) is 41.7 Å². The zero-order chi connectivity index (χ0) is 13.1. The van der Waals surface area contributed by atoms with Gasteiger partial charge in [0, 0.05) is 5.56 Å². The fourth-order valence-electron chi connectivity index (χ4n) is 1.93. The summed E-state index contributed by atoms with van der Waals surface area (Å²) in [5, 5.41) is 9.04. The molecule has 3 heteroatoms. The molecule has 0 aliphatic rings. The van der Waals surface area contributed by atoms with Crippen LogP contribution >= 0.6 is 0 Å². The molecule has 1 unspecified atom stereocenters. The molecule has 1 aromatic carbocycles. The maximum atomic E-state index is 9.04. The Hall–Kier alpha value is -2.21. The molecular weight excluding hydrogens is 224 g/mol. The molecular formula is C15H16N2O. The van der Waals surface area contributed by atoms with Crippen molar-refractivity contribution in [2.75, 3.05) is 5.73 Å². The van der Waals surface area contributed by atoms with Crippen molar-refractivity contribution in [3.63, 3.8) is 0 Å². The van der Waals surface area contributed by atoms with Crippen molar-refractivity contribution in [1.82, 2.24) is 0 Å². The summed E-state index contributed by atoms with van der Waals surface area (Å²) in [6.07, 6.45) is 2.65. The first-order chi connectivity index (χ1) is 8.67. The molecule has 0 amide bonds. The highest BCUT2D eigenvalue weighted by molar-refractivity contribution is 5.74. The largest absolute Gasteiger partial charge is 0.447 e. The van der Waals surface area contributed by atoms with Crippen LogP contribution in [0.3, 0.4) is 0 Å². The molecule has 0 aliphatic carbocycles. The molecule has 1 atom stereocenters. The van der Waals surface area contributed by atoms with E-state index in [4.69, 9.17) is 15.4 Å². The van der Waals surface area contributed by atoms with E-state index in [1.807, 2.05) is 12.1 Å². The molecule has 0 saturated heterocycles. The van der Waals surface area contributed by atoms with Crippen molar-refractivity contribution in [2.24, 2.45) is 0 Å². The maximum Gasteiger partial charge on any atom is 0.208 e. The maximum absolute atomic E-state index is 9.04. The number of hydrogen-bond donors (Lipinski definition) is 1. The zero-order valence-electron chi connectivity index (χ0n) is 10.6. The quantitative estimate of drug-likeness (QED) is 0.884. The minimum atomic E-state index is 0.179. The monoisotopic (exact) mass is 240 g/mol. The van der Waals surface area contributed by atoms with Gasteiger partial charge in [-0.1, -0.05) is 38.1 Å². The van der Waals surface area contributed by atoms with Crippen LogP contribution in [-0.2, 0) is 0 Å². The van der Waals surface area contributed by atoms with Gasteiger partial charge in [-0.2, -0.15) is 5.26 Å². The van der Waals surface area contributed by atoms with E-state index in [0.29, 0.717) is 11.5 Å². The van der Waals surface area contributed by atoms with Crippen LogP contribution in [0.25, 0.3) is 11.1 Å². The summed E-state index contributed by atoms with van der Waals surface area (Å²) in [5.74, 6) is 0.724. The Bertz CT molecular complexity index is 576. The first kappa shape index (κ1) is 12.3. The van der Waals surface area contributed by atoms with Crippen LogP contribution in [0.15, 0.2) is 34.9 Å². The summed E-state index contributed by atoms with van der Waals surface area (Å²) in [6, 6.07) is 10.3. The molecule has 0 saturated carbocycles. The number of nitrogen functional groups attached to an aromatic ring is 1. The molecule has 2 N–H and O–H groups in total. The first-order valence-electron chi connectivity index (χ1n) is 6.04. The van der Waals surface area contributed by atoms with E-state index in [1.54, 1.807) is 0 Å². The third-order valence-electron chi connectivity index (χ3n) is 3.33. The normalized spacial score (nSPS) is 12.1. The number of nitrogens with zero attached hydrogens (tertiary/aromatic N) is 1. The number of benzene rings is 1. The van der Waals surface area contributed by atoms with E-state index in [2.05, 4.69) is 32.0 Å². The molecule has 2 aromatic rings. The molecule has 2 rings (SSSR count). The SMILES string of the molecule is CCC(C)c1ccc(-c2coc(N)c2C#N)cc1. The second-order valence-electron chi connectivity index (χ2n) is 4.43. The lowest BCUT2D eigenvalue weighted by Gasteiger charge is -2.09. The van der Waals surface area contributed by atoms with Gasteiger partial charge in [-0.15, -0.1) is 0 Å². The van der Waals surface area contributed by atoms with Crippen LogP contribution < -0.4 is 5.73 Å². The first-order valence-corrected chi connectivity index (χ1v) is 6.04. The number of anilines is 1. The summed E-state index contributed by atoms with van der Waals surface area (Å²) in [7, 11) is 0. The van der Waals surface area contributed by atoms with Gasteiger partial charge in [0.05, 0.1) is 0 Å². The van der Waals surface area contributed by atoms with Gasteiger partial charge in [-0.3, -0.25) is 0 Å². The number of rotatable bonds is 3. The Morgan fingerprint density at radius 2 is 2.00 bits per heavy atom. The van der Waals surface area contributed by atoms with Gasteiger partial charge in [-0.05, 0) is 23.5 Å². The molecule has 0 aliphatic heterocycles. The second kappa shape index (κ2) is 4.97. The molecule has 18 heavy (non-hydrogen) atoms. The van der Waals surface area contributed by atoms with E-state index in [9.17, 15) is 0 Å². The van der Waals surface area contributed by atoms with Gasteiger partial charge in [-0.25, -0.2) is 0 Å². The molecule has 0 radical (unpaired) electrons. The van der Waals surface area contributed by atoms with Crippen molar-refractivity contribution in [1.29, 1.82) is 5.26 Å². The van der Waals surface area contributed by atoms with Crippen LogP contribution in [-0.4, -0.2) is 0 Å².